The van der Waals surface area contributed by atoms with Gasteiger partial charge in [0.05, 0.1) is 22.8 Å². The summed E-state index contributed by atoms with van der Waals surface area (Å²) in [4.78, 5) is 0. The van der Waals surface area contributed by atoms with E-state index in [1.54, 1.807) is 12.1 Å². The van der Waals surface area contributed by atoms with Gasteiger partial charge in [0, 0.05) is 11.6 Å². The van der Waals surface area contributed by atoms with Gasteiger partial charge in [0.25, 0.3) is 0 Å². The Bertz CT molecular complexity index is 761. The number of hydrogen-bond acceptors (Lipinski definition) is 2. The second-order valence-corrected chi connectivity index (χ2v) is 4.48. The van der Waals surface area contributed by atoms with E-state index in [1.165, 1.54) is 5.56 Å². The predicted octanol–water partition coefficient (Wildman–Crippen LogP) is 3.46. The van der Waals surface area contributed by atoms with E-state index in [9.17, 15) is 0 Å². The minimum absolute atomic E-state index is 0.661. The SMILES string of the molecule is CCc1ccc2cn(-c3ccc(C#N)cc3)nc2c1. The van der Waals surface area contributed by atoms with Crippen molar-refractivity contribution in [3.8, 4) is 11.8 Å². The van der Waals surface area contributed by atoms with Crippen molar-refractivity contribution in [2.24, 2.45) is 0 Å². The van der Waals surface area contributed by atoms with Gasteiger partial charge in [-0.2, -0.15) is 10.4 Å². The molecule has 0 amide bonds. The Balaban J connectivity index is 2.07. The van der Waals surface area contributed by atoms with Gasteiger partial charge >= 0.3 is 0 Å². The molecule has 0 N–H and O–H groups in total. The summed E-state index contributed by atoms with van der Waals surface area (Å²) >= 11 is 0. The van der Waals surface area contributed by atoms with E-state index >= 15 is 0 Å². The third kappa shape index (κ3) is 2.09. The maximum Gasteiger partial charge on any atom is 0.0991 e. The van der Waals surface area contributed by atoms with Crippen LogP contribution in [0.15, 0.2) is 48.7 Å². The largest absolute Gasteiger partial charge is 0.240 e. The lowest BCUT2D eigenvalue weighted by atomic mass is 10.1. The molecule has 3 nitrogen and oxygen atoms in total. The van der Waals surface area contributed by atoms with E-state index < -0.39 is 0 Å². The molecule has 2 aromatic carbocycles. The van der Waals surface area contributed by atoms with Crippen molar-refractivity contribution in [1.82, 2.24) is 9.78 Å². The molecule has 92 valence electrons. The zero-order valence-electron chi connectivity index (χ0n) is 10.7. The van der Waals surface area contributed by atoms with Crippen LogP contribution in [-0.2, 0) is 6.42 Å². The maximum atomic E-state index is 8.80. The summed E-state index contributed by atoms with van der Waals surface area (Å²) in [5, 5.41) is 14.5. The fourth-order valence-corrected chi connectivity index (χ4v) is 2.10. The highest BCUT2D eigenvalue weighted by atomic mass is 15.3. The molecule has 1 aromatic heterocycles. The molecular formula is C16H13N3. The second kappa shape index (κ2) is 4.58. The van der Waals surface area contributed by atoms with E-state index in [0.29, 0.717) is 5.56 Å². The molecule has 0 aliphatic carbocycles. The van der Waals surface area contributed by atoms with Gasteiger partial charge in [-0.15, -0.1) is 0 Å². The fourth-order valence-electron chi connectivity index (χ4n) is 2.10. The zero-order chi connectivity index (χ0) is 13.2. The smallest absolute Gasteiger partial charge is 0.0991 e. The van der Waals surface area contributed by atoms with Crippen molar-refractivity contribution in [2.75, 3.05) is 0 Å². The van der Waals surface area contributed by atoms with Crippen LogP contribution in [0.4, 0.5) is 0 Å². The maximum absolute atomic E-state index is 8.80. The molecule has 0 aliphatic heterocycles. The molecule has 1 heterocycles. The molecule has 0 saturated carbocycles. The number of nitriles is 1. The van der Waals surface area contributed by atoms with Crippen molar-refractivity contribution in [3.63, 3.8) is 0 Å². The van der Waals surface area contributed by atoms with Crippen molar-refractivity contribution < 1.29 is 0 Å². The van der Waals surface area contributed by atoms with Gasteiger partial charge < -0.3 is 0 Å². The third-order valence-electron chi connectivity index (χ3n) is 3.24. The molecule has 0 aliphatic rings. The highest BCUT2D eigenvalue weighted by molar-refractivity contribution is 5.79. The molecule has 0 fully saturated rings. The van der Waals surface area contributed by atoms with Crippen LogP contribution in [0.5, 0.6) is 0 Å². The van der Waals surface area contributed by atoms with Crippen molar-refractivity contribution >= 4 is 10.9 Å². The molecule has 0 bridgehead atoms. The van der Waals surface area contributed by atoms with Crippen LogP contribution >= 0.6 is 0 Å². The average molecular weight is 247 g/mol. The monoisotopic (exact) mass is 247 g/mol. The van der Waals surface area contributed by atoms with Crippen LogP contribution in [0, 0.1) is 11.3 Å². The van der Waals surface area contributed by atoms with Crippen molar-refractivity contribution in [2.45, 2.75) is 13.3 Å². The van der Waals surface area contributed by atoms with Crippen LogP contribution in [0.1, 0.15) is 18.1 Å². The van der Waals surface area contributed by atoms with E-state index in [-0.39, 0.29) is 0 Å². The van der Waals surface area contributed by atoms with Crippen LogP contribution in [0.2, 0.25) is 0 Å². The second-order valence-electron chi connectivity index (χ2n) is 4.48. The normalized spacial score (nSPS) is 10.5. The molecule has 0 radical (unpaired) electrons. The van der Waals surface area contributed by atoms with E-state index in [0.717, 1.165) is 23.0 Å². The van der Waals surface area contributed by atoms with Crippen molar-refractivity contribution in [3.05, 3.63) is 59.8 Å². The molecule has 19 heavy (non-hydrogen) atoms. The number of nitrogens with zero attached hydrogens (tertiary/aromatic N) is 3. The van der Waals surface area contributed by atoms with Gasteiger partial charge in [0.2, 0.25) is 0 Å². The minimum Gasteiger partial charge on any atom is -0.240 e. The Morgan fingerprint density at radius 1 is 1.16 bits per heavy atom. The quantitative estimate of drug-likeness (QED) is 0.696. The van der Waals surface area contributed by atoms with E-state index in [1.807, 2.05) is 23.0 Å². The first-order valence-electron chi connectivity index (χ1n) is 6.29. The van der Waals surface area contributed by atoms with Crippen LogP contribution in [-0.4, -0.2) is 9.78 Å². The first kappa shape index (κ1) is 11.5. The summed E-state index contributed by atoms with van der Waals surface area (Å²) in [6.07, 6.45) is 3.02. The molecule has 0 saturated heterocycles. The average Bonchev–Trinajstić information content (AvgIpc) is 2.90. The summed E-state index contributed by atoms with van der Waals surface area (Å²) in [5.41, 5.74) is 3.92. The van der Waals surface area contributed by atoms with Crippen LogP contribution in [0.25, 0.3) is 16.6 Å². The minimum atomic E-state index is 0.661. The number of rotatable bonds is 2. The Morgan fingerprint density at radius 2 is 1.95 bits per heavy atom. The molecular weight excluding hydrogens is 234 g/mol. The third-order valence-corrected chi connectivity index (χ3v) is 3.24. The number of benzene rings is 2. The molecule has 0 spiro atoms. The highest BCUT2D eigenvalue weighted by Crippen LogP contribution is 2.18. The first-order chi connectivity index (χ1) is 9.30. The standard InChI is InChI=1S/C16H13N3/c1-2-12-3-6-14-11-19(18-16(14)9-12)15-7-4-13(10-17)5-8-15/h3-9,11H,2H2,1H3. The number of aryl methyl sites for hydroxylation is 1. The van der Waals surface area contributed by atoms with E-state index in [2.05, 4.69) is 36.3 Å². The number of aromatic nitrogens is 2. The van der Waals surface area contributed by atoms with Gasteiger partial charge in [-0.3, -0.25) is 0 Å². The topological polar surface area (TPSA) is 41.6 Å². The number of fused-ring (bicyclic) bond motifs is 1. The predicted molar refractivity (Wildman–Crippen MR) is 75.2 cm³/mol. The zero-order valence-corrected chi connectivity index (χ0v) is 10.7. The Kier molecular flexibility index (Phi) is 2.77. The van der Waals surface area contributed by atoms with Crippen LogP contribution in [0.3, 0.4) is 0 Å². The van der Waals surface area contributed by atoms with Gasteiger partial charge in [-0.25, -0.2) is 4.68 Å². The number of hydrogen-bond donors (Lipinski definition) is 0. The van der Waals surface area contributed by atoms with Gasteiger partial charge in [-0.05, 0) is 42.3 Å². The fraction of sp³-hybridized carbons (Fsp3) is 0.125. The van der Waals surface area contributed by atoms with Gasteiger partial charge in [0.15, 0.2) is 0 Å². The molecule has 3 aromatic rings. The first-order valence-corrected chi connectivity index (χ1v) is 6.29. The summed E-state index contributed by atoms with van der Waals surface area (Å²) in [6, 6.07) is 15.9. The van der Waals surface area contributed by atoms with Crippen molar-refractivity contribution in [1.29, 1.82) is 5.26 Å². The molecule has 3 heteroatoms. The van der Waals surface area contributed by atoms with Gasteiger partial charge in [-0.1, -0.05) is 19.1 Å². The Hall–Kier alpha value is -2.60. The summed E-state index contributed by atoms with van der Waals surface area (Å²) in [7, 11) is 0. The lowest BCUT2D eigenvalue weighted by Gasteiger charge is -1.99. The highest BCUT2D eigenvalue weighted by Gasteiger charge is 2.03. The Labute approximate surface area is 111 Å². The molecule has 0 atom stereocenters. The van der Waals surface area contributed by atoms with Gasteiger partial charge in [0.1, 0.15) is 0 Å². The summed E-state index contributed by atoms with van der Waals surface area (Å²) in [6.45, 7) is 2.14. The van der Waals surface area contributed by atoms with E-state index in [4.69, 9.17) is 5.26 Å². The summed E-state index contributed by atoms with van der Waals surface area (Å²) in [5.74, 6) is 0. The molecule has 0 unspecified atom stereocenters. The van der Waals surface area contributed by atoms with Crippen LogP contribution < -0.4 is 0 Å². The summed E-state index contributed by atoms with van der Waals surface area (Å²) < 4.78 is 1.85. The molecule has 3 rings (SSSR count). The lowest BCUT2D eigenvalue weighted by Crippen LogP contribution is -1.93. The Morgan fingerprint density at radius 3 is 2.63 bits per heavy atom. The lowest BCUT2D eigenvalue weighted by molar-refractivity contribution is 0.896.